The van der Waals surface area contributed by atoms with Gasteiger partial charge < -0.3 is 4.74 Å². The molecule has 0 fully saturated rings. The van der Waals surface area contributed by atoms with Crippen LogP contribution < -0.4 is 10.6 Å². The molecular weight excluding hydrogens is 572 g/mol. The van der Waals surface area contributed by atoms with E-state index in [1.54, 1.807) is 20.8 Å². The number of benzene rings is 2. The van der Waals surface area contributed by atoms with Gasteiger partial charge in [0.1, 0.15) is 11.9 Å². The molecule has 0 aliphatic rings. The standard InChI is InChI=1S/C22H21BrClF2N3O5S/c1-5-35(32,33)18-7-6-12(24)8-17(18)29(21(31)34-22(2,3)4)28-11-27-16-10-15(23)13(19(25)26)9-14(16)20(28)30/h6-11,19H,5H2,1-4H3. The summed E-state index contributed by atoms with van der Waals surface area (Å²) in [4.78, 5) is 30.6. The zero-order chi connectivity index (χ0) is 26.3. The largest absolute Gasteiger partial charge is 0.442 e. The van der Waals surface area contributed by atoms with E-state index >= 15 is 0 Å². The number of ether oxygens (including phenoxy) is 1. The van der Waals surface area contributed by atoms with E-state index in [4.69, 9.17) is 16.3 Å². The predicted molar refractivity (Wildman–Crippen MR) is 132 cm³/mol. The van der Waals surface area contributed by atoms with Crippen molar-refractivity contribution in [2.45, 2.75) is 44.6 Å². The Bertz CT molecular complexity index is 1470. The molecule has 0 aliphatic heterocycles. The Kier molecular flexibility index (Phi) is 7.59. The molecule has 0 saturated carbocycles. The first-order valence-corrected chi connectivity index (χ1v) is 13.0. The molecule has 1 heterocycles. The Balaban J connectivity index is 2.39. The Morgan fingerprint density at radius 3 is 2.49 bits per heavy atom. The number of nitrogens with zero attached hydrogens (tertiary/aromatic N) is 3. The Morgan fingerprint density at radius 2 is 1.91 bits per heavy atom. The van der Waals surface area contributed by atoms with Crippen molar-refractivity contribution in [2.24, 2.45) is 0 Å². The zero-order valence-electron chi connectivity index (χ0n) is 19.1. The van der Waals surface area contributed by atoms with E-state index in [2.05, 4.69) is 20.9 Å². The number of anilines is 1. The molecule has 188 valence electrons. The van der Waals surface area contributed by atoms with E-state index in [0.717, 1.165) is 12.4 Å². The number of alkyl halides is 2. The van der Waals surface area contributed by atoms with Gasteiger partial charge in [0, 0.05) is 15.1 Å². The maximum absolute atomic E-state index is 13.5. The summed E-state index contributed by atoms with van der Waals surface area (Å²) >= 11 is 9.16. The number of hydrogen-bond donors (Lipinski definition) is 0. The second kappa shape index (κ2) is 9.82. The van der Waals surface area contributed by atoms with Crippen molar-refractivity contribution in [3.8, 4) is 0 Å². The summed E-state index contributed by atoms with van der Waals surface area (Å²) in [7, 11) is -3.90. The van der Waals surface area contributed by atoms with Crippen LogP contribution >= 0.6 is 27.5 Å². The fourth-order valence-electron chi connectivity index (χ4n) is 3.14. The molecule has 8 nitrogen and oxygen atoms in total. The van der Waals surface area contributed by atoms with Crippen molar-refractivity contribution in [3.05, 3.63) is 62.1 Å². The molecule has 3 rings (SSSR count). The lowest BCUT2D eigenvalue weighted by molar-refractivity contribution is 0.0561. The lowest BCUT2D eigenvalue weighted by Gasteiger charge is -2.29. The number of hydrogen-bond acceptors (Lipinski definition) is 6. The van der Waals surface area contributed by atoms with Crippen molar-refractivity contribution < 1.29 is 26.7 Å². The zero-order valence-corrected chi connectivity index (χ0v) is 22.2. The first-order chi connectivity index (χ1) is 16.2. The highest BCUT2D eigenvalue weighted by Crippen LogP contribution is 2.32. The van der Waals surface area contributed by atoms with Crippen LogP contribution in [0.2, 0.25) is 5.02 Å². The molecule has 0 saturated heterocycles. The van der Waals surface area contributed by atoms with Gasteiger partial charge in [0.2, 0.25) is 0 Å². The molecule has 3 aromatic rings. The lowest BCUT2D eigenvalue weighted by Crippen LogP contribution is -2.46. The van der Waals surface area contributed by atoms with Gasteiger partial charge in [0.15, 0.2) is 9.84 Å². The molecule has 0 atom stereocenters. The van der Waals surface area contributed by atoms with Crippen molar-refractivity contribution in [3.63, 3.8) is 0 Å². The molecule has 0 unspecified atom stereocenters. The van der Waals surface area contributed by atoms with Crippen LogP contribution in [0.5, 0.6) is 0 Å². The summed E-state index contributed by atoms with van der Waals surface area (Å²) in [5.74, 6) is -0.305. The molecule has 1 aromatic heterocycles. The van der Waals surface area contributed by atoms with E-state index in [1.807, 2.05) is 0 Å². The highest BCUT2D eigenvalue weighted by molar-refractivity contribution is 9.10. The van der Waals surface area contributed by atoms with Crippen molar-refractivity contribution in [2.75, 3.05) is 10.8 Å². The summed E-state index contributed by atoms with van der Waals surface area (Å²) in [6, 6.07) is 5.95. The van der Waals surface area contributed by atoms with Crippen molar-refractivity contribution in [1.82, 2.24) is 9.66 Å². The molecule has 0 aliphatic carbocycles. The van der Waals surface area contributed by atoms with E-state index in [9.17, 15) is 26.8 Å². The minimum absolute atomic E-state index is 0.0554. The number of amides is 1. The number of aromatic nitrogens is 2. The second-order valence-electron chi connectivity index (χ2n) is 8.39. The molecule has 0 radical (unpaired) electrons. The number of rotatable bonds is 5. The van der Waals surface area contributed by atoms with Gasteiger partial charge in [-0.2, -0.15) is 9.69 Å². The van der Waals surface area contributed by atoms with E-state index in [0.29, 0.717) is 9.69 Å². The summed E-state index contributed by atoms with van der Waals surface area (Å²) in [6.45, 7) is 6.16. The molecule has 0 bridgehead atoms. The van der Waals surface area contributed by atoms with Gasteiger partial charge in [-0.3, -0.25) is 4.79 Å². The van der Waals surface area contributed by atoms with Crippen molar-refractivity contribution in [1.29, 1.82) is 0 Å². The van der Waals surface area contributed by atoms with Crippen LogP contribution in [0, 0.1) is 0 Å². The smallest absolute Gasteiger partial charge is 0.434 e. The molecular formula is C22H21BrClF2N3O5S. The minimum Gasteiger partial charge on any atom is -0.442 e. The van der Waals surface area contributed by atoms with E-state index in [-0.39, 0.29) is 36.7 Å². The Hall–Kier alpha value is -2.57. The molecule has 35 heavy (non-hydrogen) atoms. The fraction of sp³-hybridized carbons (Fsp3) is 0.318. The first-order valence-electron chi connectivity index (χ1n) is 10.2. The van der Waals surface area contributed by atoms with Crippen LogP contribution in [-0.4, -0.2) is 35.5 Å². The summed E-state index contributed by atoms with van der Waals surface area (Å²) in [5.41, 5.74) is -2.56. The highest BCUT2D eigenvalue weighted by atomic mass is 79.9. The van der Waals surface area contributed by atoms with Crippen LogP contribution in [0.1, 0.15) is 39.7 Å². The van der Waals surface area contributed by atoms with Gasteiger partial charge in [0.05, 0.1) is 27.2 Å². The van der Waals surface area contributed by atoms with Gasteiger partial charge >= 0.3 is 6.09 Å². The number of fused-ring (bicyclic) bond motifs is 1. The normalized spacial score (nSPS) is 12.3. The minimum atomic E-state index is -3.90. The van der Waals surface area contributed by atoms with Crippen LogP contribution in [0.4, 0.5) is 19.3 Å². The summed E-state index contributed by atoms with van der Waals surface area (Å²) in [5, 5.41) is 0.536. The number of carbonyl (C=O) groups excluding carboxylic acids is 1. The average Bonchev–Trinajstić information content (AvgIpc) is 2.73. The highest BCUT2D eigenvalue weighted by Gasteiger charge is 2.31. The third-order valence-corrected chi connectivity index (χ3v) is 7.44. The van der Waals surface area contributed by atoms with Crippen LogP contribution in [0.3, 0.4) is 0 Å². The molecule has 0 N–H and O–H groups in total. The lowest BCUT2D eigenvalue weighted by atomic mass is 10.1. The number of halogens is 4. The SMILES string of the molecule is CCS(=O)(=O)c1ccc(Cl)cc1N(C(=O)OC(C)(C)C)n1cnc2cc(Br)c(C(F)F)cc2c1=O. The number of carbonyl (C=O) groups is 1. The van der Waals surface area contributed by atoms with E-state index < -0.39 is 39.1 Å². The third kappa shape index (κ3) is 5.65. The monoisotopic (exact) mass is 591 g/mol. The third-order valence-electron chi connectivity index (χ3n) is 4.74. The first kappa shape index (κ1) is 27.0. The predicted octanol–water partition coefficient (Wildman–Crippen LogP) is 5.75. The molecule has 13 heteroatoms. The van der Waals surface area contributed by atoms with Gasteiger partial charge in [-0.25, -0.2) is 27.0 Å². The second-order valence-corrected chi connectivity index (χ2v) is 11.9. The molecule has 2 aromatic carbocycles. The summed E-state index contributed by atoms with van der Waals surface area (Å²) < 4.78 is 58.8. The van der Waals surface area contributed by atoms with Gasteiger partial charge in [0.25, 0.3) is 12.0 Å². The van der Waals surface area contributed by atoms with Gasteiger partial charge in [-0.15, -0.1) is 0 Å². The molecule has 0 spiro atoms. The number of sulfone groups is 1. The maximum Gasteiger partial charge on any atom is 0.434 e. The van der Waals surface area contributed by atoms with Crippen molar-refractivity contribution >= 4 is 60.1 Å². The fourth-order valence-corrected chi connectivity index (χ4v) is 4.86. The van der Waals surface area contributed by atoms with Gasteiger partial charge in [-0.05, 0) is 51.1 Å². The Morgan fingerprint density at radius 1 is 1.26 bits per heavy atom. The van der Waals surface area contributed by atoms with Crippen LogP contribution in [0.25, 0.3) is 10.9 Å². The van der Waals surface area contributed by atoms with Gasteiger partial charge in [-0.1, -0.05) is 34.5 Å². The average molecular weight is 593 g/mol. The topological polar surface area (TPSA) is 98.6 Å². The Labute approximate surface area is 213 Å². The summed E-state index contributed by atoms with van der Waals surface area (Å²) in [6.07, 6.45) is -3.02. The van der Waals surface area contributed by atoms with Crippen LogP contribution in [-0.2, 0) is 14.6 Å². The maximum atomic E-state index is 13.5. The quantitative estimate of drug-likeness (QED) is 0.374. The molecule has 1 amide bonds. The van der Waals surface area contributed by atoms with Crippen LogP contribution in [0.15, 0.2) is 50.8 Å². The van der Waals surface area contributed by atoms with E-state index in [1.165, 1.54) is 31.2 Å².